The minimum Gasteiger partial charge on any atom is -0.457 e. The lowest BCUT2D eigenvalue weighted by Gasteiger charge is -2.09. The molecule has 7 aromatic rings. The summed E-state index contributed by atoms with van der Waals surface area (Å²) in [6.07, 6.45) is 8.04. The van der Waals surface area contributed by atoms with Gasteiger partial charge in [0, 0.05) is 29.1 Å². The summed E-state index contributed by atoms with van der Waals surface area (Å²) in [6, 6.07) is 34.9. The van der Waals surface area contributed by atoms with Crippen LogP contribution < -0.4 is 9.14 Å². The van der Waals surface area contributed by atoms with Gasteiger partial charge >= 0.3 is 0 Å². The third kappa shape index (κ3) is 3.33. The summed E-state index contributed by atoms with van der Waals surface area (Å²) in [5.74, 6) is 2.45. The first-order chi connectivity index (χ1) is 17.3. The maximum Gasteiger partial charge on any atom is 0.254 e. The Bertz CT molecular complexity index is 1800. The Balaban J connectivity index is 1.31. The van der Waals surface area contributed by atoms with Crippen molar-refractivity contribution >= 4 is 27.3 Å². The predicted octanol–water partition coefficient (Wildman–Crippen LogP) is 6.50. The average molecular weight is 454 g/mol. The molecular weight excluding hydrogens is 432 g/mol. The third-order valence-corrected chi connectivity index (χ3v) is 6.32. The number of pyridine rings is 2. The molecule has 5 nitrogen and oxygen atoms in total. The molecule has 0 spiro atoms. The molecular formula is C30H21N4O+. The largest absolute Gasteiger partial charge is 0.457 e. The zero-order chi connectivity index (χ0) is 23.2. The second-order valence-corrected chi connectivity index (χ2v) is 8.50. The first kappa shape index (κ1) is 19.6. The smallest absolute Gasteiger partial charge is 0.254 e. The molecule has 4 heterocycles. The summed E-state index contributed by atoms with van der Waals surface area (Å²) in [4.78, 5) is 4.62. The van der Waals surface area contributed by atoms with Crippen LogP contribution in [-0.4, -0.2) is 14.1 Å². The molecule has 7 rings (SSSR count). The van der Waals surface area contributed by atoms with Gasteiger partial charge in [-0.15, -0.1) is 0 Å². The van der Waals surface area contributed by atoms with Crippen molar-refractivity contribution in [2.45, 2.75) is 0 Å². The van der Waals surface area contributed by atoms with Crippen LogP contribution in [0, 0.1) is 0 Å². The lowest BCUT2D eigenvalue weighted by atomic mass is 10.1. The normalized spacial score (nSPS) is 11.4. The third-order valence-electron chi connectivity index (χ3n) is 6.32. The van der Waals surface area contributed by atoms with Gasteiger partial charge in [-0.1, -0.05) is 36.4 Å². The van der Waals surface area contributed by atoms with Crippen molar-refractivity contribution in [3.8, 4) is 23.0 Å². The fourth-order valence-corrected chi connectivity index (χ4v) is 4.72. The maximum absolute atomic E-state index is 6.36. The van der Waals surface area contributed by atoms with Gasteiger partial charge in [-0.3, -0.25) is 4.57 Å². The second-order valence-electron chi connectivity index (χ2n) is 8.50. The van der Waals surface area contributed by atoms with E-state index in [1.165, 1.54) is 10.8 Å². The molecule has 0 aliphatic heterocycles. The monoisotopic (exact) mass is 453 g/mol. The molecule has 0 bridgehead atoms. The number of fused-ring (bicyclic) bond motifs is 4. The molecule has 0 atom stereocenters. The van der Waals surface area contributed by atoms with Crippen molar-refractivity contribution in [1.29, 1.82) is 0 Å². The molecule has 0 saturated carbocycles. The van der Waals surface area contributed by atoms with E-state index in [-0.39, 0.29) is 0 Å². The molecule has 0 unspecified atom stereocenters. The molecule has 3 aromatic carbocycles. The molecule has 35 heavy (non-hydrogen) atoms. The zero-order valence-corrected chi connectivity index (χ0v) is 18.8. The van der Waals surface area contributed by atoms with Crippen molar-refractivity contribution < 1.29 is 9.14 Å². The van der Waals surface area contributed by atoms with Gasteiger partial charge in [-0.05, 0) is 54.6 Å². The number of para-hydroxylation sites is 1. The van der Waals surface area contributed by atoms with Gasteiger partial charge in [0.1, 0.15) is 29.2 Å². The predicted molar refractivity (Wildman–Crippen MR) is 138 cm³/mol. The average Bonchev–Trinajstić information content (AvgIpc) is 3.49. The van der Waals surface area contributed by atoms with E-state index in [0.717, 1.165) is 39.6 Å². The number of imidazole rings is 1. The van der Waals surface area contributed by atoms with E-state index in [1.807, 2.05) is 60.9 Å². The lowest BCUT2D eigenvalue weighted by molar-refractivity contribution is -0.511. The standard InChI is InChI=1S/C30H21N4O/c1-2-12-28-26(11-1)27-15-14-25(19-29(27)34(28)30-13-3-5-16-31-30)35-24-10-7-9-22(18-24)33-20-23-8-4-6-17-32(23)21-33/h1-21H/q+1. The van der Waals surface area contributed by atoms with Gasteiger partial charge in [-0.25, -0.2) is 14.0 Å². The first-order valence-electron chi connectivity index (χ1n) is 11.5. The van der Waals surface area contributed by atoms with Crippen LogP contribution in [0.25, 0.3) is 38.8 Å². The number of ether oxygens (including phenoxy) is 1. The van der Waals surface area contributed by atoms with E-state index in [2.05, 4.69) is 85.6 Å². The molecule has 5 heteroatoms. The Morgan fingerprint density at radius 1 is 0.686 bits per heavy atom. The molecule has 0 radical (unpaired) electrons. The molecule has 0 saturated heterocycles. The van der Waals surface area contributed by atoms with Crippen LogP contribution in [0.4, 0.5) is 0 Å². The van der Waals surface area contributed by atoms with Crippen LogP contribution >= 0.6 is 0 Å². The summed E-state index contributed by atoms with van der Waals surface area (Å²) in [7, 11) is 0. The highest BCUT2D eigenvalue weighted by Gasteiger charge is 2.14. The van der Waals surface area contributed by atoms with Crippen molar-refractivity contribution in [1.82, 2.24) is 14.1 Å². The Hall–Kier alpha value is -4.90. The van der Waals surface area contributed by atoms with E-state index >= 15 is 0 Å². The zero-order valence-electron chi connectivity index (χ0n) is 18.8. The van der Waals surface area contributed by atoms with Crippen molar-refractivity contribution in [2.24, 2.45) is 0 Å². The van der Waals surface area contributed by atoms with Crippen LogP contribution in [0.5, 0.6) is 11.5 Å². The highest BCUT2D eigenvalue weighted by Crippen LogP contribution is 2.35. The minimum absolute atomic E-state index is 0.779. The molecule has 4 aromatic heterocycles. The van der Waals surface area contributed by atoms with Crippen LogP contribution in [0.1, 0.15) is 0 Å². The van der Waals surface area contributed by atoms with Gasteiger partial charge in [0.2, 0.25) is 0 Å². The summed E-state index contributed by atoms with van der Waals surface area (Å²) in [5.41, 5.74) is 4.35. The number of aromatic nitrogens is 4. The summed E-state index contributed by atoms with van der Waals surface area (Å²) in [5, 5.41) is 2.36. The van der Waals surface area contributed by atoms with Gasteiger partial charge in [-0.2, -0.15) is 0 Å². The molecule has 0 amide bonds. The number of hydrogen-bond donors (Lipinski definition) is 0. The van der Waals surface area contributed by atoms with Gasteiger partial charge < -0.3 is 4.74 Å². The summed E-state index contributed by atoms with van der Waals surface area (Å²) in [6.45, 7) is 0. The topological polar surface area (TPSA) is 36.1 Å². The van der Waals surface area contributed by atoms with E-state index < -0.39 is 0 Å². The van der Waals surface area contributed by atoms with Gasteiger partial charge in [0.05, 0.1) is 17.2 Å². The van der Waals surface area contributed by atoms with E-state index in [0.29, 0.717) is 0 Å². The minimum atomic E-state index is 0.779. The quantitative estimate of drug-likeness (QED) is 0.285. The van der Waals surface area contributed by atoms with Crippen molar-refractivity contribution in [3.05, 3.63) is 128 Å². The maximum atomic E-state index is 6.36. The molecule has 0 fully saturated rings. The summed E-state index contributed by atoms with van der Waals surface area (Å²) >= 11 is 0. The van der Waals surface area contributed by atoms with E-state index in [1.54, 1.807) is 0 Å². The highest BCUT2D eigenvalue weighted by atomic mass is 16.5. The van der Waals surface area contributed by atoms with Crippen LogP contribution in [0.2, 0.25) is 0 Å². The fourth-order valence-electron chi connectivity index (χ4n) is 4.72. The summed E-state index contributed by atoms with van der Waals surface area (Å²) < 4.78 is 12.7. The van der Waals surface area contributed by atoms with Crippen molar-refractivity contribution in [3.63, 3.8) is 0 Å². The van der Waals surface area contributed by atoms with Crippen molar-refractivity contribution in [2.75, 3.05) is 0 Å². The van der Waals surface area contributed by atoms with Crippen LogP contribution in [0.3, 0.4) is 0 Å². The molecule has 166 valence electrons. The van der Waals surface area contributed by atoms with Gasteiger partial charge in [0.15, 0.2) is 5.52 Å². The molecule has 0 aliphatic rings. The highest BCUT2D eigenvalue weighted by molar-refractivity contribution is 6.09. The Morgan fingerprint density at radius 2 is 1.54 bits per heavy atom. The first-order valence-corrected chi connectivity index (χ1v) is 11.5. The Kier molecular flexibility index (Phi) is 4.39. The molecule has 0 N–H and O–H groups in total. The lowest BCUT2D eigenvalue weighted by Crippen LogP contribution is -2.16. The second kappa shape index (κ2) is 7.85. The van der Waals surface area contributed by atoms with Crippen LogP contribution in [-0.2, 0) is 0 Å². The van der Waals surface area contributed by atoms with E-state index in [9.17, 15) is 0 Å². The molecule has 0 aliphatic carbocycles. The number of rotatable bonds is 4. The number of hydrogen-bond acceptors (Lipinski definition) is 2. The Morgan fingerprint density at radius 3 is 2.46 bits per heavy atom. The number of benzene rings is 3. The SMILES string of the molecule is c1ccc(-n2c3ccccc3c3ccc(Oc4cccc(-n5cc6cccc[n+]6c5)c4)cc32)nc1. The Labute approximate surface area is 201 Å². The van der Waals surface area contributed by atoms with E-state index in [4.69, 9.17) is 4.74 Å². The van der Waals surface area contributed by atoms with Crippen LogP contribution in [0.15, 0.2) is 128 Å². The fraction of sp³-hybridized carbons (Fsp3) is 0. The van der Waals surface area contributed by atoms with Gasteiger partial charge in [0.25, 0.3) is 6.33 Å². The number of nitrogens with zero attached hydrogens (tertiary/aromatic N) is 4.